The summed E-state index contributed by atoms with van der Waals surface area (Å²) in [6.07, 6.45) is 2.09. The van der Waals surface area contributed by atoms with Crippen molar-refractivity contribution in [3.8, 4) is 0 Å². The lowest BCUT2D eigenvalue weighted by atomic mass is 10.1. The van der Waals surface area contributed by atoms with Gasteiger partial charge in [0.05, 0.1) is 15.3 Å². The van der Waals surface area contributed by atoms with Crippen LogP contribution in [0.25, 0.3) is 10.9 Å². The van der Waals surface area contributed by atoms with Crippen LogP contribution in [0.5, 0.6) is 0 Å². The molecule has 0 aliphatic carbocycles. The molecule has 1 heterocycles. The number of nitro benzene ring substituents is 1. The molecule has 0 fully saturated rings. The van der Waals surface area contributed by atoms with E-state index in [1.54, 1.807) is 18.2 Å². The van der Waals surface area contributed by atoms with E-state index in [1.807, 2.05) is 19.2 Å². The number of rotatable bonds is 6. The largest absolute Gasteiger partial charge is 0.388 e. The third-order valence-corrected chi connectivity index (χ3v) is 5.96. The monoisotopic (exact) mass is 403 g/mol. The van der Waals surface area contributed by atoms with E-state index in [9.17, 15) is 10.1 Å². The summed E-state index contributed by atoms with van der Waals surface area (Å²) in [5, 5.41) is 15.7. The lowest BCUT2D eigenvalue weighted by Crippen LogP contribution is -1.98. The summed E-state index contributed by atoms with van der Waals surface area (Å²) < 4.78 is 2.21. The van der Waals surface area contributed by atoms with Crippen LogP contribution in [-0.4, -0.2) is 16.5 Å². The van der Waals surface area contributed by atoms with Crippen LogP contribution in [0.3, 0.4) is 0 Å². The highest BCUT2D eigenvalue weighted by Gasteiger charge is 2.17. The first-order chi connectivity index (χ1) is 14.0. The van der Waals surface area contributed by atoms with Gasteiger partial charge in [0, 0.05) is 41.8 Å². The second-order valence-corrected chi connectivity index (χ2v) is 8.00. The first kappa shape index (κ1) is 19.1. The van der Waals surface area contributed by atoms with E-state index < -0.39 is 0 Å². The van der Waals surface area contributed by atoms with Crippen molar-refractivity contribution < 1.29 is 4.92 Å². The zero-order chi connectivity index (χ0) is 20.4. The number of para-hydroxylation sites is 1. The fourth-order valence-corrected chi connectivity index (χ4v) is 4.54. The first-order valence-corrected chi connectivity index (χ1v) is 10.1. The molecule has 1 N–H and O–H groups in total. The second-order valence-electron chi connectivity index (χ2n) is 6.92. The van der Waals surface area contributed by atoms with Gasteiger partial charge in [0.1, 0.15) is 0 Å². The van der Waals surface area contributed by atoms with E-state index in [-0.39, 0.29) is 10.6 Å². The quantitative estimate of drug-likeness (QED) is 0.312. The van der Waals surface area contributed by atoms with E-state index in [2.05, 4.69) is 59.4 Å². The van der Waals surface area contributed by atoms with Gasteiger partial charge in [0.2, 0.25) is 0 Å². The van der Waals surface area contributed by atoms with Crippen LogP contribution in [0.15, 0.2) is 82.7 Å². The van der Waals surface area contributed by atoms with E-state index >= 15 is 0 Å². The average Bonchev–Trinajstić information content (AvgIpc) is 3.04. The van der Waals surface area contributed by atoms with Crippen LogP contribution in [0, 0.1) is 17.0 Å². The van der Waals surface area contributed by atoms with Crippen molar-refractivity contribution in [3.05, 3.63) is 94.2 Å². The number of nitro groups is 1. The SMILES string of the molecule is CNc1ccc2c(Sc3ccccc3[N+](=O)[O-])cn(Cc3cccc(C)c3)c2c1. The van der Waals surface area contributed by atoms with Crippen LogP contribution >= 0.6 is 11.8 Å². The summed E-state index contributed by atoms with van der Waals surface area (Å²) in [7, 11) is 1.90. The Bertz CT molecular complexity index is 1200. The van der Waals surface area contributed by atoms with Gasteiger partial charge in [0.25, 0.3) is 5.69 Å². The normalized spacial score (nSPS) is 11.0. The molecule has 0 amide bonds. The Hall–Kier alpha value is -3.25. The third-order valence-electron chi connectivity index (χ3n) is 4.85. The molecule has 29 heavy (non-hydrogen) atoms. The van der Waals surface area contributed by atoms with Crippen molar-refractivity contribution in [1.29, 1.82) is 0 Å². The molecule has 5 nitrogen and oxygen atoms in total. The number of aryl methyl sites for hydroxylation is 1. The van der Waals surface area contributed by atoms with Crippen molar-refractivity contribution in [2.24, 2.45) is 0 Å². The number of nitrogens with one attached hydrogen (secondary N) is 1. The summed E-state index contributed by atoms with van der Waals surface area (Å²) >= 11 is 1.44. The molecule has 0 aliphatic rings. The molecule has 0 spiro atoms. The van der Waals surface area contributed by atoms with Gasteiger partial charge < -0.3 is 9.88 Å². The molecular weight excluding hydrogens is 382 g/mol. The van der Waals surface area contributed by atoms with Gasteiger partial charge in [-0.15, -0.1) is 0 Å². The molecule has 0 aliphatic heterocycles. The van der Waals surface area contributed by atoms with Crippen LogP contribution in [-0.2, 0) is 6.54 Å². The first-order valence-electron chi connectivity index (χ1n) is 9.32. The summed E-state index contributed by atoms with van der Waals surface area (Å²) in [5.41, 5.74) is 4.70. The minimum absolute atomic E-state index is 0.129. The lowest BCUT2D eigenvalue weighted by Gasteiger charge is -2.08. The zero-order valence-corrected chi connectivity index (χ0v) is 17.1. The Morgan fingerprint density at radius 1 is 1.03 bits per heavy atom. The Morgan fingerprint density at radius 2 is 1.86 bits per heavy atom. The number of benzene rings is 3. The fourth-order valence-electron chi connectivity index (χ4n) is 3.45. The van der Waals surface area contributed by atoms with Gasteiger partial charge in [-0.25, -0.2) is 0 Å². The van der Waals surface area contributed by atoms with Gasteiger partial charge >= 0.3 is 0 Å². The van der Waals surface area contributed by atoms with E-state index in [4.69, 9.17) is 0 Å². The Labute approximate surface area is 173 Å². The maximum Gasteiger partial charge on any atom is 0.283 e. The highest BCUT2D eigenvalue weighted by molar-refractivity contribution is 7.99. The molecular formula is C23H21N3O2S. The minimum Gasteiger partial charge on any atom is -0.388 e. The van der Waals surface area contributed by atoms with E-state index in [0.29, 0.717) is 4.90 Å². The molecule has 3 aromatic carbocycles. The van der Waals surface area contributed by atoms with Gasteiger partial charge in [-0.2, -0.15) is 0 Å². The van der Waals surface area contributed by atoms with E-state index in [0.717, 1.165) is 28.0 Å². The predicted molar refractivity (Wildman–Crippen MR) is 119 cm³/mol. The predicted octanol–water partition coefficient (Wildman–Crippen LogP) is 6.10. The number of nitrogens with zero attached hydrogens (tertiary/aromatic N) is 2. The maximum atomic E-state index is 11.4. The topological polar surface area (TPSA) is 60.1 Å². The Kier molecular flexibility index (Phi) is 5.27. The molecule has 0 bridgehead atoms. The third kappa shape index (κ3) is 3.98. The van der Waals surface area contributed by atoms with Crippen LogP contribution in [0.2, 0.25) is 0 Å². The zero-order valence-electron chi connectivity index (χ0n) is 16.3. The van der Waals surface area contributed by atoms with Gasteiger partial charge in [-0.05, 0) is 36.8 Å². The van der Waals surface area contributed by atoms with Gasteiger partial charge in [-0.3, -0.25) is 10.1 Å². The smallest absolute Gasteiger partial charge is 0.283 e. The maximum absolute atomic E-state index is 11.4. The minimum atomic E-state index is -0.326. The van der Waals surface area contributed by atoms with E-state index in [1.165, 1.54) is 22.9 Å². The van der Waals surface area contributed by atoms with Crippen molar-refractivity contribution in [2.45, 2.75) is 23.3 Å². The van der Waals surface area contributed by atoms with Crippen LogP contribution in [0.4, 0.5) is 11.4 Å². The lowest BCUT2D eigenvalue weighted by molar-refractivity contribution is -0.387. The molecule has 0 atom stereocenters. The summed E-state index contributed by atoms with van der Waals surface area (Å²) in [4.78, 5) is 12.7. The number of hydrogen-bond donors (Lipinski definition) is 1. The molecule has 0 unspecified atom stereocenters. The van der Waals surface area contributed by atoms with Gasteiger partial charge in [-0.1, -0.05) is 53.7 Å². The summed E-state index contributed by atoms with van der Waals surface area (Å²) in [6.45, 7) is 2.83. The molecule has 6 heteroatoms. The average molecular weight is 404 g/mol. The van der Waals surface area contributed by atoms with Crippen LogP contribution < -0.4 is 5.32 Å². The molecule has 146 valence electrons. The molecule has 4 rings (SSSR count). The molecule has 0 saturated carbocycles. The molecule has 4 aromatic rings. The Morgan fingerprint density at radius 3 is 2.62 bits per heavy atom. The Balaban J connectivity index is 1.80. The molecule has 1 aromatic heterocycles. The molecule has 0 saturated heterocycles. The van der Waals surface area contributed by atoms with Crippen molar-refractivity contribution >= 4 is 34.0 Å². The van der Waals surface area contributed by atoms with Gasteiger partial charge in [0.15, 0.2) is 0 Å². The van der Waals surface area contributed by atoms with Crippen LogP contribution in [0.1, 0.15) is 11.1 Å². The number of hydrogen-bond acceptors (Lipinski definition) is 4. The highest BCUT2D eigenvalue weighted by atomic mass is 32.2. The summed E-state index contributed by atoms with van der Waals surface area (Å²) in [6, 6.07) is 21.6. The summed E-state index contributed by atoms with van der Waals surface area (Å²) in [5.74, 6) is 0. The highest BCUT2D eigenvalue weighted by Crippen LogP contribution is 2.40. The van der Waals surface area contributed by atoms with Crippen molar-refractivity contribution in [1.82, 2.24) is 4.57 Å². The van der Waals surface area contributed by atoms with Crippen molar-refractivity contribution in [2.75, 3.05) is 12.4 Å². The fraction of sp³-hybridized carbons (Fsp3) is 0.130. The number of aromatic nitrogens is 1. The second kappa shape index (κ2) is 8.01. The standard InChI is InChI=1S/C23H21N3O2S/c1-16-6-5-7-17(12-16)14-25-15-23(19-11-10-18(24-2)13-21(19)25)29-22-9-4-3-8-20(22)26(27)28/h3-13,15,24H,14H2,1-2H3. The van der Waals surface area contributed by atoms with Crippen molar-refractivity contribution in [3.63, 3.8) is 0 Å². The molecule has 0 radical (unpaired) electrons. The number of fused-ring (bicyclic) bond motifs is 1. The number of anilines is 1.